The van der Waals surface area contributed by atoms with Crippen LogP contribution >= 0.6 is 0 Å². The molecule has 18 heavy (non-hydrogen) atoms. The maximum absolute atomic E-state index is 8.56. The largest absolute Gasteiger partial charge is 0.409 e. The minimum Gasteiger partial charge on any atom is -0.409 e. The predicted molar refractivity (Wildman–Crippen MR) is 73.2 cm³/mol. The van der Waals surface area contributed by atoms with Crippen LogP contribution in [0.3, 0.4) is 0 Å². The number of amidine groups is 1. The summed E-state index contributed by atoms with van der Waals surface area (Å²) in [4.78, 5) is 4.59. The number of rotatable bonds is 3. The molecule has 98 valence electrons. The molecule has 0 bridgehead atoms. The lowest BCUT2D eigenvalue weighted by Crippen LogP contribution is -2.49. The van der Waals surface area contributed by atoms with Gasteiger partial charge in [-0.2, -0.15) is 0 Å². The SMILES string of the molecule is Cc1ccccc1N1CCN(C/C(N)=N/O)CC1. The second-order valence-corrected chi connectivity index (χ2v) is 4.64. The van der Waals surface area contributed by atoms with Crippen LogP contribution in [0, 0.1) is 6.92 Å². The fourth-order valence-corrected chi connectivity index (χ4v) is 2.33. The Morgan fingerprint density at radius 3 is 2.56 bits per heavy atom. The zero-order chi connectivity index (χ0) is 13.0. The number of nitrogens with two attached hydrogens (primary N) is 1. The van der Waals surface area contributed by atoms with Crippen molar-refractivity contribution in [3.63, 3.8) is 0 Å². The van der Waals surface area contributed by atoms with Crippen LogP contribution in [0.2, 0.25) is 0 Å². The molecule has 1 heterocycles. The van der Waals surface area contributed by atoms with Gasteiger partial charge in [-0.3, -0.25) is 4.90 Å². The Hall–Kier alpha value is -1.75. The topological polar surface area (TPSA) is 65.1 Å². The Balaban J connectivity index is 1.93. The summed E-state index contributed by atoms with van der Waals surface area (Å²) in [6, 6.07) is 8.44. The molecular weight excluding hydrogens is 228 g/mol. The lowest BCUT2D eigenvalue weighted by atomic mass is 10.1. The van der Waals surface area contributed by atoms with Crippen molar-refractivity contribution in [3.8, 4) is 0 Å². The first kappa shape index (κ1) is 12.7. The number of piperazine rings is 1. The third-order valence-electron chi connectivity index (χ3n) is 3.34. The zero-order valence-electron chi connectivity index (χ0n) is 10.7. The molecule has 1 aliphatic rings. The van der Waals surface area contributed by atoms with Gasteiger partial charge in [0, 0.05) is 31.9 Å². The Morgan fingerprint density at radius 2 is 1.94 bits per heavy atom. The van der Waals surface area contributed by atoms with Gasteiger partial charge in [0.15, 0.2) is 5.84 Å². The molecule has 0 atom stereocenters. The minimum absolute atomic E-state index is 0.277. The van der Waals surface area contributed by atoms with E-state index in [0.717, 1.165) is 26.2 Å². The van der Waals surface area contributed by atoms with Crippen molar-refractivity contribution >= 4 is 11.5 Å². The van der Waals surface area contributed by atoms with E-state index in [-0.39, 0.29) is 5.84 Å². The van der Waals surface area contributed by atoms with E-state index in [4.69, 9.17) is 10.9 Å². The third-order valence-corrected chi connectivity index (χ3v) is 3.34. The number of para-hydroxylation sites is 1. The maximum Gasteiger partial charge on any atom is 0.153 e. The van der Waals surface area contributed by atoms with E-state index in [1.54, 1.807) is 0 Å². The van der Waals surface area contributed by atoms with Gasteiger partial charge < -0.3 is 15.8 Å². The fourth-order valence-electron chi connectivity index (χ4n) is 2.33. The van der Waals surface area contributed by atoms with Crippen molar-refractivity contribution in [2.45, 2.75) is 6.92 Å². The van der Waals surface area contributed by atoms with Gasteiger partial charge in [0.05, 0.1) is 6.54 Å². The summed E-state index contributed by atoms with van der Waals surface area (Å²) in [5.41, 5.74) is 8.13. The Labute approximate surface area is 107 Å². The first-order valence-corrected chi connectivity index (χ1v) is 6.20. The van der Waals surface area contributed by atoms with Crippen molar-refractivity contribution in [1.29, 1.82) is 0 Å². The van der Waals surface area contributed by atoms with Crippen LogP contribution < -0.4 is 10.6 Å². The monoisotopic (exact) mass is 248 g/mol. The van der Waals surface area contributed by atoms with E-state index in [0.29, 0.717) is 6.54 Å². The number of benzene rings is 1. The third kappa shape index (κ3) is 2.92. The number of oxime groups is 1. The molecule has 1 saturated heterocycles. The van der Waals surface area contributed by atoms with Gasteiger partial charge in [0.1, 0.15) is 0 Å². The summed E-state index contributed by atoms with van der Waals surface area (Å²) in [5.74, 6) is 0.277. The summed E-state index contributed by atoms with van der Waals surface area (Å²) in [7, 11) is 0. The van der Waals surface area contributed by atoms with Crippen LogP contribution in [0.1, 0.15) is 5.56 Å². The zero-order valence-corrected chi connectivity index (χ0v) is 10.7. The second kappa shape index (κ2) is 5.73. The Bertz CT molecular complexity index is 425. The van der Waals surface area contributed by atoms with Crippen LogP contribution in [0.15, 0.2) is 29.4 Å². The van der Waals surface area contributed by atoms with Crippen molar-refractivity contribution in [2.75, 3.05) is 37.6 Å². The molecule has 0 saturated carbocycles. The van der Waals surface area contributed by atoms with E-state index < -0.39 is 0 Å². The van der Waals surface area contributed by atoms with Gasteiger partial charge in [-0.25, -0.2) is 0 Å². The molecule has 0 radical (unpaired) electrons. The molecule has 2 rings (SSSR count). The average Bonchev–Trinajstić information content (AvgIpc) is 2.40. The molecule has 1 aliphatic heterocycles. The van der Waals surface area contributed by atoms with Crippen LogP contribution in [0.5, 0.6) is 0 Å². The summed E-state index contributed by atoms with van der Waals surface area (Å²) in [6.45, 7) is 6.50. The molecule has 5 nitrogen and oxygen atoms in total. The van der Waals surface area contributed by atoms with Gasteiger partial charge in [-0.1, -0.05) is 23.4 Å². The minimum atomic E-state index is 0.277. The van der Waals surface area contributed by atoms with Gasteiger partial charge in [-0.15, -0.1) is 0 Å². The Morgan fingerprint density at radius 1 is 1.28 bits per heavy atom. The number of nitrogens with zero attached hydrogens (tertiary/aromatic N) is 3. The van der Waals surface area contributed by atoms with Gasteiger partial charge in [0.2, 0.25) is 0 Å². The Kier molecular flexibility index (Phi) is 4.04. The van der Waals surface area contributed by atoms with Gasteiger partial charge >= 0.3 is 0 Å². The van der Waals surface area contributed by atoms with Gasteiger partial charge in [0.25, 0.3) is 0 Å². The fraction of sp³-hybridized carbons (Fsp3) is 0.462. The number of hydrogen-bond donors (Lipinski definition) is 2. The van der Waals surface area contributed by atoms with E-state index in [1.807, 2.05) is 0 Å². The quantitative estimate of drug-likeness (QED) is 0.360. The normalized spacial score (nSPS) is 18.1. The molecule has 0 unspecified atom stereocenters. The van der Waals surface area contributed by atoms with Crippen LogP contribution in [-0.2, 0) is 0 Å². The highest BCUT2D eigenvalue weighted by atomic mass is 16.4. The van der Waals surface area contributed by atoms with E-state index >= 15 is 0 Å². The summed E-state index contributed by atoms with van der Waals surface area (Å²) in [6.07, 6.45) is 0. The maximum atomic E-state index is 8.56. The van der Waals surface area contributed by atoms with Crippen molar-refractivity contribution in [2.24, 2.45) is 10.9 Å². The second-order valence-electron chi connectivity index (χ2n) is 4.64. The lowest BCUT2D eigenvalue weighted by Gasteiger charge is -2.36. The standard InChI is InChI=1S/C13H20N4O/c1-11-4-2-3-5-12(11)17-8-6-16(7-9-17)10-13(14)15-18/h2-5,18H,6-10H2,1H3,(H2,14,15). The van der Waals surface area contributed by atoms with E-state index in [1.165, 1.54) is 11.3 Å². The van der Waals surface area contributed by atoms with Crippen LogP contribution in [0.4, 0.5) is 5.69 Å². The van der Waals surface area contributed by atoms with Crippen molar-refractivity contribution in [3.05, 3.63) is 29.8 Å². The van der Waals surface area contributed by atoms with Crippen LogP contribution in [0.25, 0.3) is 0 Å². The van der Waals surface area contributed by atoms with Gasteiger partial charge in [-0.05, 0) is 18.6 Å². The lowest BCUT2D eigenvalue weighted by molar-refractivity contribution is 0.278. The molecule has 1 fully saturated rings. The molecule has 1 aromatic carbocycles. The molecule has 0 aromatic heterocycles. The smallest absolute Gasteiger partial charge is 0.153 e. The highest BCUT2D eigenvalue weighted by Crippen LogP contribution is 2.20. The number of hydrogen-bond acceptors (Lipinski definition) is 4. The number of aryl methyl sites for hydroxylation is 1. The van der Waals surface area contributed by atoms with E-state index in [2.05, 4.69) is 46.1 Å². The molecular formula is C13H20N4O. The summed E-state index contributed by atoms with van der Waals surface area (Å²) < 4.78 is 0. The molecule has 5 heteroatoms. The number of anilines is 1. The molecule has 3 N–H and O–H groups in total. The highest BCUT2D eigenvalue weighted by molar-refractivity contribution is 5.81. The average molecular weight is 248 g/mol. The molecule has 0 aliphatic carbocycles. The molecule has 0 amide bonds. The highest BCUT2D eigenvalue weighted by Gasteiger charge is 2.18. The van der Waals surface area contributed by atoms with E-state index in [9.17, 15) is 0 Å². The van der Waals surface area contributed by atoms with Crippen molar-refractivity contribution in [1.82, 2.24) is 4.90 Å². The summed E-state index contributed by atoms with van der Waals surface area (Å²) in [5, 5.41) is 11.6. The predicted octanol–water partition coefficient (Wildman–Crippen LogP) is 0.863. The molecule has 1 aromatic rings. The van der Waals surface area contributed by atoms with Crippen molar-refractivity contribution < 1.29 is 5.21 Å². The first-order chi connectivity index (χ1) is 8.70. The summed E-state index contributed by atoms with van der Waals surface area (Å²) >= 11 is 0. The van der Waals surface area contributed by atoms with Crippen LogP contribution in [-0.4, -0.2) is 48.7 Å². The molecule has 0 spiro atoms. The first-order valence-electron chi connectivity index (χ1n) is 6.20.